The summed E-state index contributed by atoms with van der Waals surface area (Å²) in [6, 6.07) is 9.48. The first kappa shape index (κ1) is 20.6. The molecule has 31 heavy (non-hydrogen) atoms. The fourth-order valence-corrected chi connectivity index (χ4v) is 2.98. The van der Waals surface area contributed by atoms with E-state index in [9.17, 15) is 0 Å². The molecule has 0 unspecified atom stereocenters. The van der Waals surface area contributed by atoms with Gasteiger partial charge in [0.25, 0.3) is 0 Å². The lowest BCUT2D eigenvalue weighted by molar-refractivity contribution is 0.374. The molecule has 0 atom stereocenters. The summed E-state index contributed by atoms with van der Waals surface area (Å²) >= 11 is 0. The van der Waals surface area contributed by atoms with Crippen molar-refractivity contribution in [2.24, 2.45) is 5.73 Å². The molecule has 0 bridgehead atoms. The molecule has 0 saturated heterocycles. The van der Waals surface area contributed by atoms with E-state index in [-0.39, 0.29) is 0 Å². The van der Waals surface area contributed by atoms with Gasteiger partial charge < -0.3 is 25.3 Å². The van der Waals surface area contributed by atoms with Crippen molar-refractivity contribution >= 4 is 17.6 Å². The van der Waals surface area contributed by atoms with Crippen LogP contribution in [0.1, 0.15) is 42.5 Å². The van der Waals surface area contributed by atoms with E-state index >= 15 is 0 Å². The molecule has 0 aliphatic carbocycles. The maximum Gasteiger partial charge on any atom is 0.224 e. The molecule has 10 nitrogen and oxygen atoms in total. The van der Waals surface area contributed by atoms with E-state index in [0.717, 1.165) is 41.5 Å². The Morgan fingerprint density at radius 2 is 1.97 bits per heavy atom. The van der Waals surface area contributed by atoms with E-state index in [1.165, 1.54) is 0 Å². The number of aryl methyl sites for hydroxylation is 3. The maximum absolute atomic E-state index is 6.07. The summed E-state index contributed by atoms with van der Waals surface area (Å²) in [5.74, 6) is 4.17. The zero-order valence-electron chi connectivity index (χ0n) is 17.8. The minimum atomic E-state index is -0.484. The molecule has 4 rings (SSSR count). The molecule has 10 heteroatoms. The third-order valence-corrected chi connectivity index (χ3v) is 4.58. The van der Waals surface area contributed by atoms with Crippen LogP contribution in [0.4, 0.5) is 17.6 Å². The van der Waals surface area contributed by atoms with Gasteiger partial charge in [0, 0.05) is 30.4 Å². The van der Waals surface area contributed by atoms with Crippen LogP contribution in [0, 0.1) is 6.92 Å². The molecule has 4 aromatic rings. The highest BCUT2D eigenvalue weighted by molar-refractivity contribution is 5.53. The van der Waals surface area contributed by atoms with Gasteiger partial charge in [-0.25, -0.2) is 4.98 Å². The molecule has 0 amide bonds. The second-order valence-electron chi connectivity index (χ2n) is 7.94. The molecule has 4 heterocycles. The smallest absolute Gasteiger partial charge is 0.224 e. The third-order valence-electron chi connectivity index (χ3n) is 4.58. The van der Waals surface area contributed by atoms with Crippen LogP contribution in [0.2, 0.25) is 0 Å². The number of nitrogens with two attached hydrogens (primary N) is 1. The van der Waals surface area contributed by atoms with Crippen LogP contribution < -0.4 is 16.4 Å². The molecule has 0 spiro atoms. The molecule has 0 saturated carbocycles. The summed E-state index contributed by atoms with van der Waals surface area (Å²) in [5, 5.41) is 17.5. The van der Waals surface area contributed by atoms with E-state index in [4.69, 9.17) is 14.7 Å². The summed E-state index contributed by atoms with van der Waals surface area (Å²) in [6.45, 7) is 6.17. The van der Waals surface area contributed by atoms with Crippen LogP contribution in [-0.2, 0) is 24.9 Å². The molecular formula is C21H26N8O2. The van der Waals surface area contributed by atoms with Crippen LogP contribution in [0.3, 0.4) is 0 Å². The van der Waals surface area contributed by atoms with E-state index in [0.29, 0.717) is 24.1 Å². The highest BCUT2D eigenvalue weighted by Crippen LogP contribution is 2.21. The Kier molecular flexibility index (Phi) is 5.72. The first-order valence-corrected chi connectivity index (χ1v) is 10.0. The second kappa shape index (κ2) is 8.60. The number of hydrogen-bond donors (Lipinski definition) is 4. The van der Waals surface area contributed by atoms with Crippen molar-refractivity contribution in [3.63, 3.8) is 0 Å². The monoisotopic (exact) mass is 422 g/mol. The van der Waals surface area contributed by atoms with Crippen LogP contribution in [-0.4, -0.2) is 25.3 Å². The first-order valence-electron chi connectivity index (χ1n) is 10.0. The number of hydrogen-bond acceptors (Lipinski definition) is 9. The quantitative estimate of drug-likeness (QED) is 0.319. The predicted octanol–water partition coefficient (Wildman–Crippen LogP) is 3.42. The second-order valence-corrected chi connectivity index (χ2v) is 7.94. The number of rotatable bonds is 9. The Hall–Kier alpha value is -3.66. The molecule has 0 aromatic carbocycles. The SMILES string of the molecule is Cc1cc(CNc2nccc(Nc3cc(CCc4ccc(C(C)(C)N)o4)[nH]n3)n2)on1. The minimum Gasteiger partial charge on any atom is -0.464 e. The molecule has 4 aromatic heterocycles. The van der Waals surface area contributed by atoms with Gasteiger partial charge >= 0.3 is 0 Å². The van der Waals surface area contributed by atoms with E-state index < -0.39 is 5.54 Å². The van der Waals surface area contributed by atoms with Crippen LogP contribution >= 0.6 is 0 Å². The van der Waals surface area contributed by atoms with Gasteiger partial charge in [-0.3, -0.25) is 5.10 Å². The number of anilines is 3. The lowest BCUT2D eigenvalue weighted by Gasteiger charge is -2.14. The molecule has 5 N–H and O–H groups in total. The number of nitrogens with one attached hydrogen (secondary N) is 3. The van der Waals surface area contributed by atoms with Crippen molar-refractivity contribution in [3.8, 4) is 0 Å². The number of H-pyrrole nitrogens is 1. The van der Waals surface area contributed by atoms with Crippen molar-refractivity contribution in [1.29, 1.82) is 0 Å². The third kappa shape index (κ3) is 5.48. The maximum atomic E-state index is 6.07. The van der Waals surface area contributed by atoms with Crippen LogP contribution in [0.15, 0.2) is 45.5 Å². The first-order chi connectivity index (χ1) is 14.8. The Morgan fingerprint density at radius 3 is 2.71 bits per heavy atom. The Labute approximate surface area is 179 Å². The molecule has 162 valence electrons. The van der Waals surface area contributed by atoms with Gasteiger partial charge in [0.15, 0.2) is 11.6 Å². The van der Waals surface area contributed by atoms with Gasteiger partial charge in [0.2, 0.25) is 5.95 Å². The molecule has 0 radical (unpaired) electrons. The van der Waals surface area contributed by atoms with Crippen molar-refractivity contribution in [1.82, 2.24) is 25.3 Å². The fourth-order valence-electron chi connectivity index (χ4n) is 2.98. The predicted molar refractivity (Wildman–Crippen MR) is 116 cm³/mol. The van der Waals surface area contributed by atoms with E-state index in [1.807, 2.05) is 45.0 Å². The summed E-state index contributed by atoms with van der Waals surface area (Å²) < 4.78 is 11.0. The van der Waals surface area contributed by atoms with Crippen molar-refractivity contribution in [2.75, 3.05) is 10.6 Å². The van der Waals surface area contributed by atoms with Crippen LogP contribution in [0.25, 0.3) is 0 Å². The Bertz CT molecular complexity index is 1140. The van der Waals surface area contributed by atoms with Gasteiger partial charge in [0.1, 0.15) is 17.3 Å². The van der Waals surface area contributed by atoms with Gasteiger partial charge in [-0.2, -0.15) is 10.1 Å². The lowest BCUT2D eigenvalue weighted by Crippen LogP contribution is -2.27. The number of nitrogens with zero attached hydrogens (tertiary/aromatic N) is 4. The topological polar surface area (TPSA) is 144 Å². The summed E-state index contributed by atoms with van der Waals surface area (Å²) in [4.78, 5) is 8.66. The van der Waals surface area contributed by atoms with Gasteiger partial charge in [-0.15, -0.1) is 0 Å². The number of furan rings is 1. The molecule has 0 aliphatic heterocycles. The highest BCUT2D eigenvalue weighted by atomic mass is 16.5. The van der Waals surface area contributed by atoms with Crippen molar-refractivity contribution < 1.29 is 8.94 Å². The fraction of sp³-hybridized carbons (Fsp3) is 0.333. The lowest BCUT2D eigenvalue weighted by atomic mass is 10.0. The average Bonchev–Trinajstić information content (AvgIpc) is 3.46. The summed E-state index contributed by atoms with van der Waals surface area (Å²) in [5.41, 5.74) is 7.41. The van der Waals surface area contributed by atoms with E-state index in [2.05, 4.69) is 36.0 Å². The van der Waals surface area contributed by atoms with Gasteiger partial charge in [-0.05, 0) is 45.4 Å². The Balaban J connectivity index is 1.31. The molecular weight excluding hydrogens is 396 g/mol. The zero-order chi connectivity index (χ0) is 21.8. The Morgan fingerprint density at radius 1 is 1.10 bits per heavy atom. The van der Waals surface area contributed by atoms with Gasteiger partial charge in [0.05, 0.1) is 17.8 Å². The van der Waals surface area contributed by atoms with Crippen LogP contribution in [0.5, 0.6) is 0 Å². The number of aromatic nitrogens is 5. The summed E-state index contributed by atoms with van der Waals surface area (Å²) in [6.07, 6.45) is 3.19. The molecule has 0 aliphatic rings. The summed E-state index contributed by atoms with van der Waals surface area (Å²) in [7, 11) is 0. The highest BCUT2D eigenvalue weighted by Gasteiger charge is 2.18. The largest absolute Gasteiger partial charge is 0.464 e. The average molecular weight is 422 g/mol. The number of aromatic amines is 1. The van der Waals surface area contributed by atoms with E-state index in [1.54, 1.807) is 12.3 Å². The standard InChI is InChI=1S/C21H26N8O2/c1-13-10-16(31-29-13)12-24-20-23-9-8-18(26-20)25-19-11-14(27-28-19)4-5-15-6-7-17(30-15)21(2,3)22/h6-11H,4-5,12,22H2,1-3H3,(H3,23,24,25,26,27,28). The van der Waals surface area contributed by atoms with Crippen molar-refractivity contribution in [2.45, 2.75) is 45.7 Å². The zero-order valence-corrected chi connectivity index (χ0v) is 17.8. The van der Waals surface area contributed by atoms with Gasteiger partial charge in [-0.1, -0.05) is 5.16 Å². The minimum absolute atomic E-state index is 0.451. The molecule has 0 fully saturated rings. The normalized spacial score (nSPS) is 11.6. The van der Waals surface area contributed by atoms with Crippen molar-refractivity contribution in [3.05, 3.63) is 65.2 Å².